The lowest BCUT2D eigenvalue weighted by Crippen LogP contribution is -2.59. The van der Waals surface area contributed by atoms with Gasteiger partial charge in [-0.2, -0.15) is 13.2 Å². The summed E-state index contributed by atoms with van der Waals surface area (Å²) in [5.74, 6) is -5.96. The van der Waals surface area contributed by atoms with Gasteiger partial charge in [0.05, 0.1) is 18.9 Å². The van der Waals surface area contributed by atoms with Crippen molar-refractivity contribution in [1.29, 1.82) is 0 Å². The number of carbonyl (C=O) groups is 5. The molecule has 0 radical (unpaired) electrons. The zero-order chi connectivity index (χ0) is 32.1. The Balaban J connectivity index is 0.000000646. The number of nitrogens with one attached hydrogen (secondary N) is 2. The van der Waals surface area contributed by atoms with Crippen molar-refractivity contribution >= 4 is 47.1 Å². The molecule has 3 N–H and O–H groups in total. The van der Waals surface area contributed by atoms with Gasteiger partial charge in [0.1, 0.15) is 5.54 Å². The van der Waals surface area contributed by atoms with Gasteiger partial charge in [-0.25, -0.2) is 9.59 Å². The minimum atomic E-state index is -5.08. The van der Waals surface area contributed by atoms with Gasteiger partial charge in [0.15, 0.2) is 0 Å². The van der Waals surface area contributed by atoms with Crippen LogP contribution in [0.15, 0.2) is 54.6 Å². The Kier molecular flexibility index (Phi) is 10.4. The summed E-state index contributed by atoms with van der Waals surface area (Å²) >= 11 is 5.93. The van der Waals surface area contributed by atoms with Gasteiger partial charge in [0.2, 0.25) is 11.8 Å². The van der Waals surface area contributed by atoms with Gasteiger partial charge < -0.3 is 20.1 Å². The molecule has 2 aromatic carbocycles. The molecule has 0 spiro atoms. The largest absolute Gasteiger partial charge is 0.490 e. The molecule has 0 aliphatic carbocycles. The molecule has 15 heteroatoms. The number of methoxy groups -OCH3 is 1. The molecule has 4 atom stereocenters. The van der Waals surface area contributed by atoms with Crippen molar-refractivity contribution in [3.8, 4) is 0 Å². The van der Waals surface area contributed by atoms with Crippen LogP contribution >= 0.6 is 11.6 Å². The number of alkyl halides is 3. The van der Waals surface area contributed by atoms with E-state index in [1.54, 1.807) is 24.3 Å². The Morgan fingerprint density at radius 3 is 2.19 bits per heavy atom. The number of likely N-dealkylation sites (tertiary alicyclic amines) is 1. The van der Waals surface area contributed by atoms with E-state index in [4.69, 9.17) is 26.2 Å². The second kappa shape index (κ2) is 13.4. The summed E-state index contributed by atoms with van der Waals surface area (Å²) in [5.41, 5.74) is -0.0629. The number of benzene rings is 2. The van der Waals surface area contributed by atoms with E-state index < -0.39 is 47.4 Å². The number of aliphatic carboxylic acids is 1. The number of rotatable bonds is 7. The summed E-state index contributed by atoms with van der Waals surface area (Å²) in [6.07, 6.45) is -4.92. The molecule has 0 bridgehead atoms. The lowest BCUT2D eigenvalue weighted by atomic mass is 9.76. The van der Waals surface area contributed by atoms with Crippen LogP contribution in [-0.4, -0.2) is 89.7 Å². The molecular weight excluding hydrogens is 597 g/mol. The van der Waals surface area contributed by atoms with E-state index in [2.05, 4.69) is 10.6 Å². The fraction of sp³-hybridized carbons (Fsp3) is 0.393. The van der Waals surface area contributed by atoms with E-state index in [9.17, 15) is 32.3 Å². The average Bonchev–Trinajstić information content (AvgIpc) is 3.41. The fourth-order valence-electron chi connectivity index (χ4n) is 5.28. The Morgan fingerprint density at radius 1 is 1.09 bits per heavy atom. The lowest BCUT2D eigenvalue weighted by Gasteiger charge is -2.33. The monoisotopic (exact) mass is 626 g/mol. The molecule has 0 aromatic heterocycles. The van der Waals surface area contributed by atoms with Crippen molar-refractivity contribution < 1.29 is 47.0 Å². The molecule has 2 heterocycles. The average molecular weight is 627 g/mol. The Hall–Kier alpha value is -4.17. The van der Waals surface area contributed by atoms with Crippen LogP contribution in [0, 0.1) is 11.8 Å². The lowest BCUT2D eigenvalue weighted by molar-refractivity contribution is -0.192. The van der Waals surface area contributed by atoms with Crippen LogP contribution < -0.4 is 10.6 Å². The SMILES string of the molecule is CCN(C[C@H]1N[C@@](Cc2ccccc2)(C(=O)OC)[C@H]2C(=O)N(C)C(=O)[C@@H]12)C(=O)Nc1ccc(Cl)cc1.O=C(O)C(F)(F)F. The van der Waals surface area contributed by atoms with E-state index in [0.717, 1.165) is 10.5 Å². The summed E-state index contributed by atoms with van der Waals surface area (Å²) in [6.45, 7) is 2.27. The van der Waals surface area contributed by atoms with Crippen LogP contribution in [0.4, 0.5) is 23.7 Å². The van der Waals surface area contributed by atoms with Crippen molar-refractivity contribution in [2.75, 3.05) is 32.6 Å². The van der Waals surface area contributed by atoms with Crippen molar-refractivity contribution in [2.24, 2.45) is 11.8 Å². The first kappa shape index (κ1) is 33.3. The molecule has 2 aromatic rings. The normalized spacial score (nSPS) is 22.8. The van der Waals surface area contributed by atoms with Crippen LogP contribution in [-0.2, 0) is 30.3 Å². The summed E-state index contributed by atoms with van der Waals surface area (Å²) in [5, 5.41) is 13.8. The molecule has 11 nitrogen and oxygen atoms in total. The van der Waals surface area contributed by atoms with E-state index in [0.29, 0.717) is 17.3 Å². The molecule has 2 aliphatic rings. The zero-order valence-electron chi connectivity index (χ0n) is 23.4. The quantitative estimate of drug-likeness (QED) is 0.314. The van der Waals surface area contributed by atoms with Crippen LogP contribution in [0.25, 0.3) is 0 Å². The van der Waals surface area contributed by atoms with Gasteiger partial charge in [-0.15, -0.1) is 0 Å². The van der Waals surface area contributed by atoms with Crippen molar-refractivity contribution in [3.05, 3.63) is 65.2 Å². The molecule has 4 amide bonds. The zero-order valence-corrected chi connectivity index (χ0v) is 24.1. The van der Waals surface area contributed by atoms with Crippen molar-refractivity contribution in [1.82, 2.24) is 15.1 Å². The molecule has 2 aliphatic heterocycles. The molecule has 2 fully saturated rings. The highest BCUT2D eigenvalue weighted by Gasteiger charge is 2.68. The number of carboxylic acid groups (broad SMARTS) is 1. The Labute approximate surface area is 249 Å². The van der Waals surface area contributed by atoms with Gasteiger partial charge in [-0.05, 0) is 36.8 Å². The van der Waals surface area contributed by atoms with E-state index in [1.807, 2.05) is 37.3 Å². The van der Waals surface area contributed by atoms with Gasteiger partial charge in [-0.3, -0.25) is 24.6 Å². The number of fused-ring (bicyclic) bond motifs is 1. The maximum atomic E-state index is 13.3. The van der Waals surface area contributed by atoms with E-state index in [1.165, 1.54) is 19.1 Å². The smallest absolute Gasteiger partial charge is 0.475 e. The minimum absolute atomic E-state index is 0.109. The fourth-order valence-corrected chi connectivity index (χ4v) is 5.40. The second-order valence-electron chi connectivity index (χ2n) is 9.89. The van der Waals surface area contributed by atoms with Gasteiger partial charge >= 0.3 is 24.1 Å². The van der Waals surface area contributed by atoms with Crippen molar-refractivity contribution in [2.45, 2.75) is 31.1 Å². The summed E-state index contributed by atoms with van der Waals surface area (Å²) in [4.78, 5) is 64.3. The number of ether oxygens (including phenoxy) is 1. The van der Waals surface area contributed by atoms with Gasteiger partial charge in [-0.1, -0.05) is 41.9 Å². The highest BCUT2D eigenvalue weighted by molar-refractivity contribution is 6.30. The highest BCUT2D eigenvalue weighted by atomic mass is 35.5. The van der Waals surface area contributed by atoms with E-state index >= 15 is 0 Å². The molecule has 0 saturated carbocycles. The van der Waals surface area contributed by atoms with Crippen LogP contribution in [0.5, 0.6) is 0 Å². The molecule has 43 heavy (non-hydrogen) atoms. The number of urea groups is 1. The third-order valence-electron chi connectivity index (χ3n) is 7.28. The predicted octanol–water partition coefficient (Wildman–Crippen LogP) is 3.18. The molecule has 232 valence electrons. The number of amides is 4. The third-order valence-corrected chi connectivity index (χ3v) is 7.53. The third kappa shape index (κ3) is 7.25. The predicted molar refractivity (Wildman–Crippen MR) is 148 cm³/mol. The number of carbonyl (C=O) groups excluding carboxylic acids is 4. The van der Waals surface area contributed by atoms with Crippen molar-refractivity contribution in [3.63, 3.8) is 0 Å². The van der Waals surface area contributed by atoms with E-state index in [-0.39, 0.29) is 24.9 Å². The van der Waals surface area contributed by atoms with Crippen LogP contribution in [0.1, 0.15) is 12.5 Å². The van der Waals surface area contributed by atoms with Gasteiger partial charge in [0.25, 0.3) is 0 Å². The number of hydrogen-bond acceptors (Lipinski definition) is 7. The summed E-state index contributed by atoms with van der Waals surface area (Å²) in [7, 11) is 2.69. The molecule has 0 unspecified atom stereocenters. The number of carboxylic acids is 1. The number of halogens is 4. The number of esters is 1. The Bertz CT molecular complexity index is 1360. The maximum absolute atomic E-state index is 13.3. The molecule has 4 rings (SSSR count). The topological polar surface area (TPSA) is 145 Å². The first-order valence-electron chi connectivity index (χ1n) is 13.0. The maximum Gasteiger partial charge on any atom is 0.490 e. The number of imide groups is 1. The minimum Gasteiger partial charge on any atom is -0.475 e. The van der Waals surface area contributed by atoms with Gasteiger partial charge in [0, 0.05) is 43.3 Å². The first-order chi connectivity index (χ1) is 20.2. The standard InChI is InChI=1S/C26H29ClN4O5.C2HF3O2/c1-4-31(25(35)28-18-12-10-17(27)11-13-18)15-19-20-21(23(33)30(2)22(20)32)26(29-19,24(34)36-3)14-16-8-6-5-7-9-16;3-2(4,5)1(6)7/h5-13,19-21,29H,4,14-15H2,1-3H3,(H,28,35);(H,6,7)/t19-,20+,21-,26-;/m1./s1. The number of likely N-dealkylation sites (N-methyl/N-ethyl adjacent to an activating group) is 1. The first-order valence-corrected chi connectivity index (χ1v) is 13.4. The second-order valence-corrected chi connectivity index (χ2v) is 10.3. The molecule has 2 saturated heterocycles. The van der Waals surface area contributed by atoms with Crippen LogP contribution in [0.3, 0.4) is 0 Å². The number of anilines is 1. The highest BCUT2D eigenvalue weighted by Crippen LogP contribution is 2.45. The van der Waals surface area contributed by atoms with Crippen LogP contribution in [0.2, 0.25) is 5.02 Å². The Morgan fingerprint density at radius 2 is 1.67 bits per heavy atom. The number of hydrogen-bond donors (Lipinski definition) is 3. The summed E-state index contributed by atoms with van der Waals surface area (Å²) in [6, 6.07) is 15.0. The summed E-state index contributed by atoms with van der Waals surface area (Å²) < 4.78 is 36.9. The number of nitrogens with zero attached hydrogens (tertiary/aromatic N) is 2. The molecular formula is C28H30ClF3N4O7.